The van der Waals surface area contributed by atoms with Gasteiger partial charge in [-0.3, -0.25) is 4.90 Å². The van der Waals surface area contributed by atoms with Crippen LogP contribution in [0.15, 0.2) is 60.9 Å². The lowest BCUT2D eigenvalue weighted by atomic mass is 9.95. The van der Waals surface area contributed by atoms with Crippen LogP contribution in [0.1, 0.15) is 18.1 Å². The summed E-state index contributed by atoms with van der Waals surface area (Å²) in [4.78, 5) is 18.3. The molecule has 1 aliphatic rings. The van der Waals surface area contributed by atoms with Gasteiger partial charge in [-0.2, -0.15) is 0 Å². The SMILES string of the molecule is CC1C=C(c2cn(C(=O)O)c3ncccc23)CN(Cc2ccccc2)C1. The number of nitrogens with zero attached hydrogens (tertiary/aromatic N) is 3. The molecule has 4 rings (SSSR count). The van der Waals surface area contributed by atoms with Crippen LogP contribution in [0.2, 0.25) is 0 Å². The largest absolute Gasteiger partial charge is 0.464 e. The molecular formula is C21H21N3O2. The average Bonchev–Trinajstić information content (AvgIpc) is 3.02. The van der Waals surface area contributed by atoms with Crippen LogP contribution in [0, 0.1) is 5.92 Å². The van der Waals surface area contributed by atoms with Gasteiger partial charge in [0.15, 0.2) is 0 Å². The number of rotatable bonds is 3. The summed E-state index contributed by atoms with van der Waals surface area (Å²) in [6.07, 6.45) is 4.58. The Bertz CT molecular complexity index is 975. The zero-order valence-electron chi connectivity index (χ0n) is 14.7. The molecular weight excluding hydrogens is 326 g/mol. The Morgan fingerprint density at radius 2 is 2.04 bits per heavy atom. The van der Waals surface area contributed by atoms with E-state index in [1.807, 2.05) is 18.2 Å². The van der Waals surface area contributed by atoms with Gasteiger partial charge in [0, 0.05) is 43.0 Å². The van der Waals surface area contributed by atoms with Crippen molar-refractivity contribution in [3.63, 3.8) is 0 Å². The summed E-state index contributed by atoms with van der Waals surface area (Å²) in [5.74, 6) is 0.405. The minimum absolute atomic E-state index is 0.405. The van der Waals surface area contributed by atoms with Crippen LogP contribution < -0.4 is 0 Å². The Morgan fingerprint density at radius 3 is 2.81 bits per heavy atom. The van der Waals surface area contributed by atoms with E-state index in [0.717, 1.165) is 36.2 Å². The van der Waals surface area contributed by atoms with Gasteiger partial charge in [-0.1, -0.05) is 43.3 Å². The molecule has 0 saturated heterocycles. The van der Waals surface area contributed by atoms with Gasteiger partial charge in [0.25, 0.3) is 0 Å². The van der Waals surface area contributed by atoms with E-state index in [1.165, 1.54) is 10.1 Å². The van der Waals surface area contributed by atoms with Crippen LogP contribution in [-0.2, 0) is 6.54 Å². The van der Waals surface area contributed by atoms with Gasteiger partial charge in [0.2, 0.25) is 0 Å². The third-order valence-corrected chi connectivity index (χ3v) is 4.79. The molecule has 0 spiro atoms. The molecule has 0 amide bonds. The highest BCUT2D eigenvalue weighted by molar-refractivity contribution is 5.96. The maximum atomic E-state index is 11.6. The van der Waals surface area contributed by atoms with Crippen LogP contribution in [-0.4, -0.2) is 38.7 Å². The van der Waals surface area contributed by atoms with E-state index in [1.54, 1.807) is 12.4 Å². The van der Waals surface area contributed by atoms with E-state index in [9.17, 15) is 9.90 Å². The monoisotopic (exact) mass is 347 g/mol. The Morgan fingerprint density at radius 1 is 1.23 bits per heavy atom. The molecule has 2 aromatic heterocycles. The minimum Gasteiger partial charge on any atom is -0.464 e. The molecule has 3 heterocycles. The smallest absolute Gasteiger partial charge is 0.417 e. The summed E-state index contributed by atoms with van der Waals surface area (Å²) in [5.41, 5.74) is 3.90. The van der Waals surface area contributed by atoms with Crippen molar-refractivity contribution >= 4 is 22.7 Å². The highest BCUT2D eigenvalue weighted by Crippen LogP contribution is 2.30. The number of benzene rings is 1. The van der Waals surface area contributed by atoms with Crippen molar-refractivity contribution in [1.82, 2.24) is 14.5 Å². The first-order chi connectivity index (χ1) is 12.6. The molecule has 1 N–H and O–H groups in total. The standard InChI is InChI=1S/C21H21N3O2/c1-15-10-17(13-23(11-15)12-16-6-3-2-4-7-16)19-14-24(21(25)26)20-18(19)8-5-9-22-20/h2-10,14-15H,11-13H2,1H3,(H,25,26). The molecule has 0 aliphatic carbocycles. The van der Waals surface area contributed by atoms with Crippen molar-refractivity contribution in [3.8, 4) is 0 Å². The lowest BCUT2D eigenvalue weighted by Crippen LogP contribution is -2.33. The first-order valence-corrected chi connectivity index (χ1v) is 8.78. The van der Waals surface area contributed by atoms with Crippen LogP contribution in [0.4, 0.5) is 4.79 Å². The van der Waals surface area contributed by atoms with E-state index < -0.39 is 6.09 Å². The molecule has 1 atom stereocenters. The van der Waals surface area contributed by atoms with Crippen molar-refractivity contribution < 1.29 is 9.90 Å². The Hall–Kier alpha value is -2.92. The van der Waals surface area contributed by atoms with Crippen molar-refractivity contribution in [2.24, 2.45) is 5.92 Å². The maximum absolute atomic E-state index is 11.6. The Kier molecular flexibility index (Phi) is 4.31. The molecule has 1 aromatic carbocycles. The fourth-order valence-corrected chi connectivity index (χ4v) is 3.76. The first kappa shape index (κ1) is 16.5. The number of fused-ring (bicyclic) bond motifs is 1. The number of carboxylic acid groups (broad SMARTS) is 1. The molecule has 0 radical (unpaired) electrons. The first-order valence-electron chi connectivity index (χ1n) is 8.78. The summed E-state index contributed by atoms with van der Waals surface area (Å²) in [5, 5.41) is 10.4. The predicted molar refractivity (Wildman–Crippen MR) is 102 cm³/mol. The van der Waals surface area contributed by atoms with Crippen molar-refractivity contribution in [1.29, 1.82) is 0 Å². The number of aromatic nitrogens is 2. The average molecular weight is 347 g/mol. The zero-order chi connectivity index (χ0) is 18.1. The summed E-state index contributed by atoms with van der Waals surface area (Å²) in [7, 11) is 0. The summed E-state index contributed by atoms with van der Waals surface area (Å²) in [6.45, 7) is 4.88. The highest BCUT2D eigenvalue weighted by atomic mass is 16.4. The molecule has 5 nitrogen and oxygen atoms in total. The quantitative estimate of drug-likeness (QED) is 0.775. The zero-order valence-corrected chi connectivity index (χ0v) is 14.7. The van der Waals surface area contributed by atoms with E-state index >= 15 is 0 Å². The third kappa shape index (κ3) is 3.13. The maximum Gasteiger partial charge on any atom is 0.417 e. The molecule has 3 aromatic rings. The highest BCUT2D eigenvalue weighted by Gasteiger charge is 2.22. The van der Waals surface area contributed by atoms with Gasteiger partial charge in [0.1, 0.15) is 5.65 Å². The molecule has 5 heteroatoms. The molecule has 0 saturated carbocycles. The predicted octanol–water partition coefficient (Wildman–Crippen LogP) is 4.10. The Labute approximate surface area is 152 Å². The van der Waals surface area contributed by atoms with Gasteiger partial charge in [0.05, 0.1) is 0 Å². The number of carbonyl (C=O) groups is 1. The third-order valence-electron chi connectivity index (χ3n) is 4.79. The molecule has 1 aliphatic heterocycles. The van der Waals surface area contributed by atoms with Crippen molar-refractivity contribution in [3.05, 3.63) is 72.1 Å². The van der Waals surface area contributed by atoms with Gasteiger partial charge < -0.3 is 5.11 Å². The van der Waals surface area contributed by atoms with Crippen molar-refractivity contribution in [2.45, 2.75) is 13.5 Å². The minimum atomic E-state index is -1.01. The molecule has 26 heavy (non-hydrogen) atoms. The molecule has 0 bridgehead atoms. The van der Waals surface area contributed by atoms with Gasteiger partial charge in [-0.25, -0.2) is 14.3 Å². The van der Waals surface area contributed by atoms with Gasteiger partial charge in [-0.05, 0) is 29.2 Å². The van der Waals surface area contributed by atoms with Crippen LogP contribution in [0.3, 0.4) is 0 Å². The second-order valence-electron chi connectivity index (χ2n) is 6.89. The molecule has 132 valence electrons. The fraction of sp³-hybridized carbons (Fsp3) is 0.238. The topological polar surface area (TPSA) is 58.4 Å². The summed E-state index contributed by atoms with van der Waals surface area (Å²) in [6, 6.07) is 14.2. The summed E-state index contributed by atoms with van der Waals surface area (Å²) < 4.78 is 1.21. The van der Waals surface area contributed by atoms with Gasteiger partial charge >= 0.3 is 6.09 Å². The number of hydrogen-bond acceptors (Lipinski definition) is 3. The number of hydrogen-bond donors (Lipinski definition) is 1. The van der Waals surface area contributed by atoms with E-state index in [2.05, 4.69) is 47.1 Å². The van der Waals surface area contributed by atoms with E-state index in [4.69, 9.17) is 0 Å². The summed E-state index contributed by atoms with van der Waals surface area (Å²) >= 11 is 0. The fourth-order valence-electron chi connectivity index (χ4n) is 3.76. The lowest BCUT2D eigenvalue weighted by Gasteiger charge is -2.30. The Balaban J connectivity index is 1.69. The second-order valence-corrected chi connectivity index (χ2v) is 6.89. The second kappa shape index (κ2) is 6.77. The molecule has 0 fully saturated rings. The van der Waals surface area contributed by atoms with Crippen LogP contribution >= 0.6 is 0 Å². The molecule has 1 unspecified atom stereocenters. The normalized spacial score (nSPS) is 18.0. The van der Waals surface area contributed by atoms with Crippen LogP contribution in [0.5, 0.6) is 0 Å². The lowest BCUT2D eigenvalue weighted by molar-refractivity contribution is 0.197. The van der Waals surface area contributed by atoms with E-state index in [-0.39, 0.29) is 0 Å². The van der Waals surface area contributed by atoms with Crippen LogP contribution in [0.25, 0.3) is 16.6 Å². The van der Waals surface area contributed by atoms with E-state index in [0.29, 0.717) is 11.6 Å². The van der Waals surface area contributed by atoms with Crippen molar-refractivity contribution in [2.75, 3.05) is 13.1 Å². The van der Waals surface area contributed by atoms with Gasteiger partial charge in [-0.15, -0.1) is 0 Å². The number of pyridine rings is 1.